The Morgan fingerprint density at radius 2 is 2.05 bits per heavy atom. The highest BCUT2D eigenvalue weighted by Gasteiger charge is 2.40. The van der Waals surface area contributed by atoms with Crippen molar-refractivity contribution < 1.29 is 9.53 Å². The zero-order chi connectivity index (χ0) is 12.8. The molecule has 4 aliphatic rings. The number of fused-ring (bicyclic) bond motifs is 4. The normalized spacial score (nSPS) is 38.2. The van der Waals surface area contributed by atoms with Crippen molar-refractivity contribution in [2.45, 2.75) is 44.9 Å². The average molecular weight is 258 g/mol. The van der Waals surface area contributed by atoms with Crippen LogP contribution >= 0.6 is 0 Å². The zero-order valence-electron chi connectivity index (χ0n) is 11.5. The maximum absolute atomic E-state index is 11.6. The van der Waals surface area contributed by atoms with Crippen LogP contribution in [-0.4, -0.2) is 19.0 Å². The van der Waals surface area contributed by atoms with Crippen LogP contribution in [0.15, 0.2) is 22.8 Å². The Morgan fingerprint density at radius 3 is 3.00 bits per heavy atom. The number of carbonyl (C=O) groups is 1. The number of carbonyl (C=O) groups excluding carboxylic acids is 1. The fourth-order valence-corrected chi connectivity index (χ4v) is 4.85. The van der Waals surface area contributed by atoms with Crippen LogP contribution in [-0.2, 0) is 9.53 Å². The van der Waals surface area contributed by atoms with Gasteiger partial charge in [-0.3, -0.25) is 4.79 Å². The molecule has 0 amide bonds. The highest BCUT2D eigenvalue weighted by Crippen LogP contribution is 2.49. The topological polar surface area (TPSA) is 26.3 Å². The molecule has 2 fully saturated rings. The molecule has 1 saturated carbocycles. The van der Waals surface area contributed by atoms with Gasteiger partial charge >= 0.3 is 0 Å². The number of rotatable bonds is 0. The Kier molecular flexibility index (Phi) is 2.87. The van der Waals surface area contributed by atoms with E-state index in [0.29, 0.717) is 12.2 Å². The van der Waals surface area contributed by atoms with Crippen LogP contribution in [0.1, 0.15) is 44.9 Å². The number of ether oxygens (including phenoxy) is 1. The molecule has 3 aliphatic carbocycles. The number of allylic oxidation sites excluding steroid dienone is 3. The highest BCUT2D eigenvalue weighted by molar-refractivity contribution is 5.93. The molecule has 3 atom stereocenters. The van der Waals surface area contributed by atoms with Gasteiger partial charge < -0.3 is 4.74 Å². The lowest BCUT2D eigenvalue weighted by Crippen LogP contribution is -2.26. The Labute approximate surface area is 114 Å². The van der Waals surface area contributed by atoms with Gasteiger partial charge in [-0.05, 0) is 72.7 Å². The molecule has 1 aliphatic heterocycles. The van der Waals surface area contributed by atoms with Gasteiger partial charge in [0.25, 0.3) is 0 Å². The molecule has 19 heavy (non-hydrogen) atoms. The standard InChI is InChI=1S/C17H22O2/c18-13-5-7-15-11(8-13)4-6-16-14-3-1-2-12(14)9-19-10-17(15)16/h8,12,14,16H,1-7,9-10H2. The minimum atomic E-state index is 0.325. The summed E-state index contributed by atoms with van der Waals surface area (Å²) in [6.45, 7) is 1.80. The van der Waals surface area contributed by atoms with Crippen LogP contribution < -0.4 is 0 Å². The van der Waals surface area contributed by atoms with Gasteiger partial charge in [-0.15, -0.1) is 0 Å². The monoisotopic (exact) mass is 258 g/mol. The van der Waals surface area contributed by atoms with Gasteiger partial charge in [0, 0.05) is 6.42 Å². The molecule has 1 heterocycles. The van der Waals surface area contributed by atoms with Gasteiger partial charge in [-0.2, -0.15) is 0 Å². The van der Waals surface area contributed by atoms with E-state index in [1.165, 1.54) is 36.8 Å². The molecule has 0 aromatic carbocycles. The van der Waals surface area contributed by atoms with Crippen LogP contribution in [0.2, 0.25) is 0 Å². The molecule has 102 valence electrons. The Morgan fingerprint density at radius 1 is 1.11 bits per heavy atom. The second-order valence-electron chi connectivity index (χ2n) is 6.65. The summed E-state index contributed by atoms with van der Waals surface area (Å²) in [6, 6.07) is 0. The first-order valence-electron chi connectivity index (χ1n) is 7.86. The summed E-state index contributed by atoms with van der Waals surface area (Å²) in [7, 11) is 0. The van der Waals surface area contributed by atoms with Crippen LogP contribution in [0.4, 0.5) is 0 Å². The highest BCUT2D eigenvalue weighted by atomic mass is 16.5. The minimum Gasteiger partial charge on any atom is -0.377 e. The molecule has 0 aromatic rings. The molecule has 1 saturated heterocycles. The lowest BCUT2D eigenvalue weighted by Gasteiger charge is -2.35. The molecule has 0 aromatic heterocycles. The first kappa shape index (κ1) is 11.9. The van der Waals surface area contributed by atoms with Gasteiger partial charge in [0.1, 0.15) is 0 Å². The van der Waals surface area contributed by atoms with E-state index >= 15 is 0 Å². The maximum atomic E-state index is 11.6. The van der Waals surface area contributed by atoms with E-state index in [4.69, 9.17) is 4.74 Å². The average Bonchev–Trinajstić information content (AvgIpc) is 2.80. The Hall–Kier alpha value is -0.890. The van der Waals surface area contributed by atoms with Crippen molar-refractivity contribution in [3.8, 4) is 0 Å². The first-order valence-corrected chi connectivity index (χ1v) is 7.86. The number of hydrogen-bond acceptors (Lipinski definition) is 2. The smallest absolute Gasteiger partial charge is 0.156 e. The summed E-state index contributed by atoms with van der Waals surface area (Å²) in [5, 5.41) is 0. The van der Waals surface area contributed by atoms with E-state index < -0.39 is 0 Å². The van der Waals surface area contributed by atoms with Crippen LogP contribution in [0.5, 0.6) is 0 Å². The Bertz CT molecular complexity index is 472. The van der Waals surface area contributed by atoms with E-state index in [9.17, 15) is 4.79 Å². The summed E-state index contributed by atoms with van der Waals surface area (Å²) in [5.41, 5.74) is 4.41. The predicted octanol–water partition coefficient (Wildman–Crippen LogP) is 3.43. The van der Waals surface area contributed by atoms with E-state index in [0.717, 1.165) is 43.8 Å². The molecule has 0 spiro atoms. The summed E-state index contributed by atoms with van der Waals surface area (Å²) in [5.74, 6) is 2.75. The van der Waals surface area contributed by atoms with Gasteiger partial charge in [0.05, 0.1) is 13.2 Å². The van der Waals surface area contributed by atoms with Crippen molar-refractivity contribution in [3.63, 3.8) is 0 Å². The lowest BCUT2D eigenvalue weighted by molar-refractivity contribution is -0.114. The fourth-order valence-electron chi connectivity index (χ4n) is 4.85. The summed E-state index contributed by atoms with van der Waals surface area (Å²) < 4.78 is 5.98. The van der Waals surface area contributed by atoms with Gasteiger partial charge in [-0.1, -0.05) is 6.42 Å². The SMILES string of the molecule is O=C1C=C2CCC3C(=C2CC1)COCC1CCCC13. The van der Waals surface area contributed by atoms with E-state index in [1.54, 1.807) is 5.57 Å². The maximum Gasteiger partial charge on any atom is 0.156 e. The summed E-state index contributed by atoms with van der Waals surface area (Å²) >= 11 is 0. The van der Waals surface area contributed by atoms with Gasteiger partial charge in [0.15, 0.2) is 5.78 Å². The van der Waals surface area contributed by atoms with E-state index in [-0.39, 0.29) is 0 Å². The molecule has 0 bridgehead atoms. The largest absolute Gasteiger partial charge is 0.377 e. The van der Waals surface area contributed by atoms with Crippen molar-refractivity contribution >= 4 is 5.78 Å². The van der Waals surface area contributed by atoms with Crippen molar-refractivity contribution in [2.75, 3.05) is 13.2 Å². The first-order chi connectivity index (χ1) is 9.33. The molecule has 0 N–H and O–H groups in total. The fraction of sp³-hybridized carbons (Fsp3) is 0.706. The second-order valence-corrected chi connectivity index (χ2v) is 6.65. The van der Waals surface area contributed by atoms with Crippen molar-refractivity contribution in [1.82, 2.24) is 0 Å². The summed E-state index contributed by atoms with van der Waals surface area (Å²) in [6.07, 6.45) is 10.1. The van der Waals surface area contributed by atoms with E-state index in [2.05, 4.69) is 0 Å². The minimum absolute atomic E-state index is 0.325. The molecular formula is C17H22O2. The number of ketones is 1. The zero-order valence-corrected chi connectivity index (χ0v) is 11.5. The predicted molar refractivity (Wildman–Crippen MR) is 73.7 cm³/mol. The van der Waals surface area contributed by atoms with Crippen LogP contribution in [0.25, 0.3) is 0 Å². The second kappa shape index (κ2) is 4.59. The van der Waals surface area contributed by atoms with Crippen molar-refractivity contribution in [2.24, 2.45) is 17.8 Å². The number of hydrogen-bond donors (Lipinski definition) is 0. The quantitative estimate of drug-likeness (QED) is 0.665. The molecule has 2 heteroatoms. The summed E-state index contributed by atoms with van der Waals surface area (Å²) in [4.78, 5) is 11.6. The molecule has 4 rings (SSSR count). The van der Waals surface area contributed by atoms with Crippen LogP contribution in [0, 0.1) is 17.8 Å². The van der Waals surface area contributed by atoms with Crippen molar-refractivity contribution in [1.29, 1.82) is 0 Å². The molecular weight excluding hydrogens is 236 g/mol. The van der Waals surface area contributed by atoms with Gasteiger partial charge in [0.2, 0.25) is 0 Å². The third kappa shape index (κ3) is 1.92. The van der Waals surface area contributed by atoms with E-state index in [1.807, 2.05) is 6.08 Å². The molecule has 0 radical (unpaired) electrons. The molecule has 2 nitrogen and oxygen atoms in total. The van der Waals surface area contributed by atoms with Gasteiger partial charge in [-0.25, -0.2) is 0 Å². The van der Waals surface area contributed by atoms with Crippen molar-refractivity contribution in [3.05, 3.63) is 22.8 Å². The third-order valence-corrected chi connectivity index (χ3v) is 5.73. The lowest BCUT2D eigenvalue weighted by atomic mass is 9.69. The van der Waals surface area contributed by atoms with Crippen LogP contribution in [0.3, 0.4) is 0 Å². The molecule has 3 unspecified atom stereocenters. The Balaban J connectivity index is 1.75. The third-order valence-electron chi connectivity index (χ3n) is 5.73.